The van der Waals surface area contributed by atoms with E-state index in [0.717, 1.165) is 24.8 Å². The SMILES string of the molecule is CC(C)COc1c[nH]c(Cn2nnc3sc4c(c3c2=O)CCC(C(C)(C)C)C4)cc1=O. The van der Waals surface area contributed by atoms with E-state index in [4.69, 9.17) is 4.74 Å². The van der Waals surface area contributed by atoms with Crippen LogP contribution in [0.1, 0.15) is 57.2 Å². The van der Waals surface area contributed by atoms with E-state index in [1.807, 2.05) is 13.8 Å². The molecule has 8 heteroatoms. The number of H-pyrrole nitrogens is 1. The zero-order chi connectivity index (χ0) is 22.3. The molecule has 31 heavy (non-hydrogen) atoms. The molecule has 3 aromatic rings. The third-order valence-electron chi connectivity index (χ3n) is 5.99. The first-order valence-electron chi connectivity index (χ1n) is 10.9. The lowest BCUT2D eigenvalue weighted by atomic mass is 9.72. The van der Waals surface area contributed by atoms with Crippen LogP contribution in [0, 0.1) is 17.3 Å². The highest BCUT2D eigenvalue weighted by Gasteiger charge is 2.32. The summed E-state index contributed by atoms with van der Waals surface area (Å²) in [6, 6.07) is 1.46. The molecule has 1 N–H and O–H groups in total. The lowest BCUT2D eigenvalue weighted by Gasteiger charge is -2.33. The number of pyridine rings is 1. The van der Waals surface area contributed by atoms with Crippen LogP contribution >= 0.6 is 11.3 Å². The van der Waals surface area contributed by atoms with Crippen molar-refractivity contribution in [2.24, 2.45) is 17.3 Å². The van der Waals surface area contributed by atoms with Crippen LogP contribution in [0.25, 0.3) is 10.2 Å². The van der Waals surface area contributed by atoms with E-state index < -0.39 is 0 Å². The Hall–Kier alpha value is -2.48. The van der Waals surface area contributed by atoms with Crippen LogP contribution in [0.2, 0.25) is 0 Å². The molecule has 1 unspecified atom stereocenters. The van der Waals surface area contributed by atoms with Gasteiger partial charge in [-0.1, -0.05) is 39.8 Å². The molecule has 3 aromatic heterocycles. The number of rotatable bonds is 5. The van der Waals surface area contributed by atoms with E-state index in [0.29, 0.717) is 34.4 Å². The van der Waals surface area contributed by atoms with Crippen LogP contribution in [0.4, 0.5) is 0 Å². The van der Waals surface area contributed by atoms with Gasteiger partial charge in [-0.25, -0.2) is 4.68 Å². The second kappa shape index (κ2) is 8.22. The topological polar surface area (TPSA) is 89.9 Å². The van der Waals surface area contributed by atoms with Crippen molar-refractivity contribution in [3.63, 3.8) is 0 Å². The van der Waals surface area contributed by atoms with Crippen molar-refractivity contribution in [1.82, 2.24) is 20.0 Å². The normalized spacial score (nSPS) is 16.6. The number of nitrogens with zero attached hydrogens (tertiary/aromatic N) is 3. The predicted molar refractivity (Wildman–Crippen MR) is 123 cm³/mol. The Morgan fingerprint density at radius 3 is 2.77 bits per heavy atom. The molecule has 0 amide bonds. The van der Waals surface area contributed by atoms with Gasteiger partial charge in [0.1, 0.15) is 0 Å². The minimum absolute atomic E-state index is 0.141. The molecule has 0 saturated heterocycles. The Balaban J connectivity index is 1.62. The van der Waals surface area contributed by atoms with Crippen LogP contribution in [-0.4, -0.2) is 26.6 Å². The highest BCUT2D eigenvalue weighted by Crippen LogP contribution is 2.41. The summed E-state index contributed by atoms with van der Waals surface area (Å²) in [6.07, 6.45) is 4.52. The van der Waals surface area contributed by atoms with Crippen molar-refractivity contribution in [3.8, 4) is 5.75 Å². The molecule has 7 nitrogen and oxygen atoms in total. The predicted octanol–water partition coefficient (Wildman–Crippen LogP) is 3.78. The minimum Gasteiger partial charge on any atom is -0.488 e. The van der Waals surface area contributed by atoms with Crippen LogP contribution in [-0.2, 0) is 19.4 Å². The summed E-state index contributed by atoms with van der Waals surface area (Å²) in [4.78, 5) is 30.6. The fourth-order valence-corrected chi connectivity index (χ4v) is 5.33. The Morgan fingerprint density at radius 1 is 1.32 bits per heavy atom. The molecule has 0 fully saturated rings. The second-order valence-corrected chi connectivity index (χ2v) is 11.0. The van der Waals surface area contributed by atoms with Gasteiger partial charge in [-0.15, -0.1) is 16.4 Å². The van der Waals surface area contributed by atoms with Gasteiger partial charge in [-0.3, -0.25) is 9.59 Å². The van der Waals surface area contributed by atoms with Crippen molar-refractivity contribution in [1.29, 1.82) is 0 Å². The fraction of sp³-hybridized carbons (Fsp3) is 0.565. The number of aromatic nitrogens is 4. The van der Waals surface area contributed by atoms with Gasteiger partial charge in [0, 0.05) is 22.8 Å². The van der Waals surface area contributed by atoms with E-state index in [-0.39, 0.29) is 28.7 Å². The summed E-state index contributed by atoms with van der Waals surface area (Å²) >= 11 is 1.60. The van der Waals surface area contributed by atoms with E-state index in [9.17, 15) is 9.59 Å². The molecule has 0 bridgehead atoms. The summed E-state index contributed by atoms with van der Waals surface area (Å²) in [7, 11) is 0. The summed E-state index contributed by atoms with van der Waals surface area (Å²) in [5.74, 6) is 1.21. The molecule has 0 saturated carbocycles. The maximum absolute atomic E-state index is 13.2. The summed E-state index contributed by atoms with van der Waals surface area (Å²) in [5.41, 5.74) is 1.63. The van der Waals surface area contributed by atoms with E-state index >= 15 is 0 Å². The number of aryl methyl sites for hydroxylation is 1. The monoisotopic (exact) mass is 442 g/mol. The largest absolute Gasteiger partial charge is 0.488 e. The van der Waals surface area contributed by atoms with Gasteiger partial charge in [0.05, 0.1) is 18.5 Å². The van der Waals surface area contributed by atoms with E-state index in [2.05, 4.69) is 36.1 Å². The molecule has 0 radical (unpaired) electrons. The first-order valence-corrected chi connectivity index (χ1v) is 11.7. The van der Waals surface area contributed by atoms with Crippen LogP contribution < -0.4 is 15.7 Å². The lowest BCUT2D eigenvalue weighted by molar-refractivity contribution is 0.218. The van der Waals surface area contributed by atoms with Gasteiger partial charge >= 0.3 is 0 Å². The minimum atomic E-state index is -0.211. The molecular weight excluding hydrogens is 412 g/mol. The Labute approximate surface area is 185 Å². The van der Waals surface area contributed by atoms with Gasteiger partial charge in [-0.05, 0) is 42.1 Å². The summed E-state index contributed by atoms with van der Waals surface area (Å²) in [6.45, 7) is 11.5. The maximum atomic E-state index is 13.2. The van der Waals surface area contributed by atoms with E-state index in [1.165, 1.54) is 15.6 Å². The molecule has 166 valence electrons. The third kappa shape index (κ3) is 4.44. The zero-order valence-electron chi connectivity index (χ0n) is 18.8. The van der Waals surface area contributed by atoms with Crippen molar-refractivity contribution < 1.29 is 4.74 Å². The molecule has 3 heterocycles. The number of hydrogen-bond acceptors (Lipinski definition) is 6. The average Bonchev–Trinajstić information content (AvgIpc) is 3.07. The molecule has 1 atom stereocenters. The van der Waals surface area contributed by atoms with Gasteiger partial charge in [0.2, 0.25) is 5.43 Å². The first-order chi connectivity index (χ1) is 14.6. The van der Waals surface area contributed by atoms with Gasteiger partial charge in [0.15, 0.2) is 10.6 Å². The first kappa shape index (κ1) is 21.7. The number of aromatic amines is 1. The standard InChI is InChI=1S/C23H30N4O3S/c1-13(2)12-30-18-10-24-15(9-17(18)28)11-27-22(29)20-16-7-6-14(23(3,4)5)8-19(16)31-21(20)25-26-27/h9-10,13-14H,6-8,11-12H2,1-5H3,(H,24,28). The van der Waals surface area contributed by atoms with Crippen LogP contribution in [0.15, 0.2) is 21.9 Å². The van der Waals surface area contributed by atoms with E-state index in [1.54, 1.807) is 17.5 Å². The van der Waals surface area contributed by atoms with Gasteiger partial charge in [-0.2, -0.15) is 0 Å². The number of hydrogen-bond donors (Lipinski definition) is 1. The fourth-order valence-electron chi connectivity index (χ4n) is 4.09. The Bertz CT molecular complexity index is 1220. The number of ether oxygens (including phenoxy) is 1. The molecular formula is C23H30N4O3S. The third-order valence-corrected chi connectivity index (χ3v) is 7.13. The highest BCUT2D eigenvalue weighted by atomic mass is 32.1. The Kier molecular flexibility index (Phi) is 5.77. The summed E-state index contributed by atoms with van der Waals surface area (Å²) < 4.78 is 6.87. The van der Waals surface area contributed by atoms with Crippen molar-refractivity contribution in [2.45, 2.75) is 60.4 Å². The van der Waals surface area contributed by atoms with Crippen molar-refractivity contribution in [3.05, 3.63) is 49.0 Å². The van der Waals surface area contributed by atoms with Crippen LogP contribution in [0.3, 0.4) is 0 Å². The molecule has 4 rings (SSSR count). The molecule has 0 aromatic carbocycles. The van der Waals surface area contributed by atoms with Crippen molar-refractivity contribution >= 4 is 21.6 Å². The lowest BCUT2D eigenvalue weighted by Crippen LogP contribution is -2.28. The Morgan fingerprint density at radius 2 is 2.10 bits per heavy atom. The molecule has 0 aliphatic heterocycles. The highest BCUT2D eigenvalue weighted by molar-refractivity contribution is 7.18. The molecule has 1 aliphatic carbocycles. The van der Waals surface area contributed by atoms with Gasteiger partial charge < -0.3 is 9.72 Å². The maximum Gasteiger partial charge on any atom is 0.279 e. The smallest absolute Gasteiger partial charge is 0.279 e. The quantitative estimate of drug-likeness (QED) is 0.650. The summed E-state index contributed by atoms with van der Waals surface area (Å²) in [5, 5.41) is 9.17. The molecule has 1 aliphatic rings. The van der Waals surface area contributed by atoms with Crippen LogP contribution in [0.5, 0.6) is 5.75 Å². The zero-order valence-corrected chi connectivity index (χ0v) is 19.6. The number of nitrogens with one attached hydrogen (secondary N) is 1. The molecule has 0 spiro atoms. The van der Waals surface area contributed by atoms with Crippen molar-refractivity contribution in [2.75, 3.05) is 6.61 Å². The second-order valence-electron chi connectivity index (χ2n) is 9.93. The number of thiophene rings is 1. The van der Waals surface area contributed by atoms with Gasteiger partial charge in [0.25, 0.3) is 5.56 Å². The average molecular weight is 443 g/mol. The number of fused-ring (bicyclic) bond motifs is 3.